The molecule has 0 fully saturated rings. The standard InChI is InChI=1S/C14H10ClFN2O/c1-8-5-14(11(16)6-12(8)18)19-13-4-2-3-10(15)9(13)7-17/h2-6H,18H2,1H3. The summed E-state index contributed by atoms with van der Waals surface area (Å²) in [6, 6.07) is 9.33. The van der Waals surface area contributed by atoms with E-state index < -0.39 is 5.82 Å². The summed E-state index contributed by atoms with van der Waals surface area (Å²) in [6.45, 7) is 1.74. The number of nitriles is 1. The van der Waals surface area contributed by atoms with Crippen molar-refractivity contribution < 1.29 is 9.13 Å². The van der Waals surface area contributed by atoms with E-state index >= 15 is 0 Å². The van der Waals surface area contributed by atoms with E-state index in [1.165, 1.54) is 12.1 Å². The summed E-state index contributed by atoms with van der Waals surface area (Å²) < 4.78 is 19.1. The predicted octanol–water partition coefficient (Wildman–Crippen LogP) is 4.03. The van der Waals surface area contributed by atoms with E-state index in [9.17, 15) is 4.39 Å². The van der Waals surface area contributed by atoms with Crippen LogP contribution in [0.25, 0.3) is 0 Å². The molecule has 3 nitrogen and oxygen atoms in total. The Morgan fingerprint density at radius 3 is 2.74 bits per heavy atom. The molecule has 0 aliphatic heterocycles. The first kappa shape index (κ1) is 13.2. The minimum atomic E-state index is -0.591. The maximum Gasteiger partial charge on any atom is 0.167 e. The van der Waals surface area contributed by atoms with E-state index in [0.717, 1.165) is 0 Å². The fourth-order valence-electron chi connectivity index (χ4n) is 1.56. The van der Waals surface area contributed by atoms with Crippen molar-refractivity contribution in [2.24, 2.45) is 0 Å². The van der Waals surface area contributed by atoms with Crippen molar-refractivity contribution >= 4 is 17.3 Å². The number of ether oxygens (including phenoxy) is 1. The summed E-state index contributed by atoms with van der Waals surface area (Å²) in [5.74, 6) is -0.379. The number of nitrogen functional groups attached to an aromatic ring is 1. The molecule has 2 rings (SSSR count). The first-order valence-corrected chi connectivity index (χ1v) is 5.83. The van der Waals surface area contributed by atoms with Gasteiger partial charge in [0.25, 0.3) is 0 Å². The third-order valence-corrected chi connectivity index (χ3v) is 2.94. The van der Waals surface area contributed by atoms with Crippen molar-refractivity contribution in [1.82, 2.24) is 0 Å². The van der Waals surface area contributed by atoms with Gasteiger partial charge in [-0.1, -0.05) is 17.7 Å². The summed E-state index contributed by atoms with van der Waals surface area (Å²) in [4.78, 5) is 0. The molecule has 2 aromatic rings. The van der Waals surface area contributed by atoms with Crippen LogP contribution in [-0.4, -0.2) is 0 Å². The van der Waals surface area contributed by atoms with Gasteiger partial charge < -0.3 is 10.5 Å². The molecular weight excluding hydrogens is 267 g/mol. The highest BCUT2D eigenvalue weighted by Crippen LogP contribution is 2.32. The fraction of sp³-hybridized carbons (Fsp3) is 0.0714. The number of anilines is 1. The Hall–Kier alpha value is -2.25. The van der Waals surface area contributed by atoms with Crippen LogP contribution in [-0.2, 0) is 0 Å². The molecule has 0 aromatic heterocycles. The number of aryl methyl sites for hydroxylation is 1. The quantitative estimate of drug-likeness (QED) is 0.842. The Labute approximate surface area is 115 Å². The van der Waals surface area contributed by atoms with Crippen LogP contribution in [0.5, 0.6) is 11.5 Å². The predicted molar refractivity (Wildman–Crippen MR) is 71.8 cm³/mol. The lowest BCUT2D eigenvalue weighted by Gasteiger charge is -2.11. The van der Waals surface area contributed by atoms with Crippen molar-refractivity contribution in [2.45, 2.75) is 6.92 Å². The highest BCUT2D eigenvalue weighted by atomic mass is 35.5. The van der Waals surface area contributed by atoms with Gasteiger partial charge in [0.05, 0.1) is 5.02 Å². The van der Waals surface area contributed by atoms with Crippen molar-refractivity contribution in [3.05, 3.63) is 52.3 Å². The lowest BCUT2D eigenvalue weighted by atomic mass is 10.2. The zero-order valence-electron chi connectivity index (χ0n) is 10.1. The van der Waals surface area contributed by atoms with Gasteiger partial charge in [-0.05, 0) is 30.7 Å². The van der Waals surface area contributed by atoms with Crippen LogP contribution in [0.3, 0.4) is 0 Å². The Kier molecular flexibility index (Phi) is 3.59. The van der Waals surface area contributed by atoms with E-state index in [1.54, 1.807) is 25.1 Å². The normalized spacial score (nSPS) is 10.0. The molecule has 0 unspecified atom stereocenters. The largest absolute Gasteiger partial charge is 0.453 e. The number of rotatable bonds is 2. The van der Waals surface area contributed by atoms with Gasteiger partial charge in [0.2, 0.25) is 0 Å². The summed E-state index contributed by atoms with van der Waals surface area (Å²) in [7, 11) is 0. The molecule has 0 saturated carbocycles. The first-order chi connectivity index (χ1) is 9.02. The van der Waals surface area contributed by atoms with Gasteiger partial charge in [-0.25, -0.2) is 4.39 Å². The highest BCUT2D eigenvalue weighted by Gasteiger charge is 2.12. The summed E-state index contributed by atoms with van der Waals surface area (Å²) in [5.41, 5.74) is 6.79. The molecule has 0 radical (unpaired) electrons. The maximum atomic E-state index is 13.7. The molecule has 2 aromatic carbocycles. The number of hydrogen-bond acceptors (Lipinski definition) is 3. The third-order valence-electron chi connectivity index (χ3n) is 2.63. The monoisotopic (exact) mass is 276 g/mol. The van der Waals surface area contributed by atoms with Crippen LogP contribution < -0.4 is 10.5 Å². The maximum absolute atomic E-state index is 13.7. The van der Waals surface area contributed by atoms with Crippen molar-refractivity contribution in [1.29, 1.82) is 5.26 Å². The second-order valence-electron chi connectivity index (χ2n) is 3.97. The molecule has 2 N–H and O–H groups in total. The van der Waals surface area contributed by atoms with Crippen LogP contribution in [0.4, 0.5) is 10.1 Å². The summed E-state index contributed by atoms with van der Waals surface area (Å²) >= 11 is 5.88. The van der Waals surface area contributed by atoms with Gasteiger partial charge in [-0.2, -0.15) is 5.26 Å². The van der Waals surface area contributed by atoms with Gasteiger partial charge in [-0.3, -0.25) is 0 Å². The molecule has 0 aliphatic rings. The van der Waals surface area contributed by atoms with E-state index in [-0.39, 0.29) is 22.1 Å². The molecule has 0 aliphatic carbocycles. The lowest BCUT2D eigenvalue weighted by Crippen LogP contribution is -1.96. The Balaban J connectivity index is 2.45. The Morgan fingerprint density at radius 2 is 2.05 bits per heavy atom. The number of halogens is 2. The van der Waals surface area contributed by atoms with Crippen molar-refractivity contribution in [3.8, 4) is 17.6 Å². The van der Waals surface area contributed by atoms with Crippen molar-refractivity contribution in [3.63, 3.8) is 0 Å². The molecule has 5 heteroatoms. The van der Waals surface area contributed by atoms with Gasteiger partial charge in [0.1, 0.15) is 17.4 Å². The molecule has 0 atom stereocenters. The first-order valence-electron chi connectivity index (χ1n) is 5.45. The smallest absolute Gasteiger partial charge is 0.167 e. The van der Waals surface area contributed by atoms with Gasteiger partial charge in [0.15, 0.2) is 11.6 Å². The van der Waals surface area contributed by atoms with Crippen LogP contribution in [0.15, 0.2) is 30.3 Å². The topological polar surface area (TPSA) is 59.0 Å². The van der Waals surface area contributed by atoms with Gasteiger partial charge in [-0.15, -0.1) is 0 Å². The minimum absolute atomic E-state index is 0.00506. The molecule has 0 bridgehead atoms. The highest BCUT2D eigenvalue weighted by molar-refractivity contribution is 6.31. The second kappa shape index (κ2) is 5.17. The van der Waals surface area contributed by atoms with E-state index in [2.05, 4.69) is 0 Å². The summed E-state index contributed by atoms with van der Waals surface area (Å²) in [6.07, 6.45) is 0. The number of benzene rings is 2. The average Bonchev–Trinajstić information content (AvgIpc) is 2.36. The van der Waals surface area contributed by atoms with Crippen LogP contribution in [0.2, 0.25) is 5.02 Å². The molecule has 0 amide bonds. The van der Waals surface area contributed by atoms with Gasteiger partial charge in [0, 0.05) is 11.8 Å². The van der Waals surface area contributed by atoms with Crippen molar-refractivity contribution in [2.75, 3.05) is 5.73 Å². The van der Waals surface area contributed by atoms with Crippen LogP contribution in [0.1, 0.15) is 11.1 Å². The second-order valence-corrected chi connectivity index (χ2v) is 4.37. The lowest BCUT2D eigenvalue weighted by molar-refractivity contribution is 0.441. The molecule has 96 valence electrons. The van der Waals surface area contributed by atoms with E-state index in [4.69, 9.17) is 27.3 Å². The fourth-order valence-corrected chi connectivity index (χ4v) is 1.77. The van der Waals surface area contributed by atoms with Gasteiger partial charge >= 0.3 is 0 Å². The minimum Gasteiger partial charge on any atom is -0.453 e. The van der Waals surface area contributed by atoms with E-state index in [0.29, 0.717) is 11.3 Å². The Bertz CT molecular complexity index is 680. The van der Waals surface area contributed by atoms with E-state index in [1.807, 2.05) is 6.07 Å². The molecule has 0 spiro atoms. The Morgan fingerprint density at radius 1 is 1.32 bits per heavy atom. The SMILES string of the molecule is Cc1cc(Oc2cccc(Cl)c2C#N)c(F)cc1N. The number of nitrogens with two attached hydrogens (primary N) is 1. The molecular formula is C14H10ClFN2O. The molecule has 0 saturated heterocycles. The zero-order valence-corrected chi connectivity index (χ0v) is 10.8. The molecule has 19 heavy (non-hydrogen) atoms. The zero-order chi connectivity index (χ0) is 14.0. The summed E-state index contributed by atoms with van der Waals surface area (Å²) in [5, 5.41) is 9.27. The number of hydrogen-bond donors (Lipinski definition) is 1. The number of nitrogens with zero attached hydrogens (tertiary/aromatic N) is 1. The van der Waals surface area contributed by atoms with Crippen LogP contribution >= 0.6 is 11.6 Å². The molecule has 0 heterocycles. The average molecular weight is 277 g/mol. The third kappa shape index (κ3) is 2.61. The van der Waals surface area contributed by atoms with Crippen LogP contribution in [0, 0.1) is 24.1 Å².